The number of halogens is 10. The lowest BCUT2D eigenvalue weighted by atomic mass is 9.92. The summed E-state index contributed by atoms with van der Waals surface area (Å²) in [7, 11) is 0. The minimum atomic E-state index is -5.08. The number of carbonyl (C=O) groups is 4. The number of aliphatic carboxylic acids is 3. The third kappa shape index (κ3) is 16.4. The maximum absolute atomic E-state index is 13.2. The number of alkyl halides is 9. The first-order chi connectivity index (χ1) is 29.3. The van der Waals surface area contributed by atoms with Gasteiger partial charge in [-0.1, -0.05) is 11.6 Å². The van der Waals surface area contributed by atoms with Gasteiger partial charge in [0, 0.05) is 42.8 Å². The molecule has 0 spiro atoms. The number of anilines is 6. The smallest absolute Gasteiger partial charge is 0.475 e. The molecule has 6 rings (SSSR count). The summed E-state index contributed by atoms with van der Waals surface area (Å²) < 4.78 is 95.2. The molecule has 1 saturated heterocycles. The summed E-state index contributed by atoms with van der Waals surface area (Å²) in [5, 5.41) is 40.9. The number of carbonyl (C=O) groups excluding carboxylic acids is 1. The van der Waals surface area contributed by atoms with Gasteiger partial charge in [0.2, 0.25) is 11.9 Å². The van der Waals surface area contributed by atoms with E-state index < -0.39 is 36.4 Å². The number of carboxylic acids is 3. The highest BCUT2D eigenvalue weighted by atomic mass is 35.5. The molecule has 26 heteroatoms. The topological polar surface area (TPSA) is 244 Å². The molecule has 2 aliphatic rings. The molecule has 338 valence electrons. The first-order valence-corrected chi connectivity index (χ1v) is 18.1. The molecule has 1 fully saturated rings. The van der Waals surface area contributed by atoms with Gasteiger partial charge in [0.05, 0.1) is 23.6 Å². The Morgan fingerprint density at radius 2 is 1.41 bits per heavy atom. The van der Waals surface area contributed by atoms with Crippen molar-refractivity contribution in [2.75, 3.05) is 33.9 Å². The standard InChI is InChI=1S/C31H30ClN9O.3C2HF3O2/c1-19-2-4-23(15-33)30(36-19)41-10-8-20(9-11-41)13-28(42)39-27-7-6-24-14-22(27)5-3-21-12-25(17-34-16-21)38-31-35-18-26(32)29(37-24)40-31;3*3-2(4,5)1(6)7/h2,4,6-7,12,14,16-18,20H,3,5,8-11,13H2,1H3,(H,39,42)(H2,35,37,38,40);3*(H,6,7). The number of nitrogens with one attached hydrogen (secondary N) is 3. The molecule has 1 amide bonds. The molecule has 4 aromatic rings. The molecule has 2 aliphatic heterocycles. The summed E-state index contributed by atoms with van der Waals surface area (Å²) in [4.78, 5) is 59.9. The summed E-state index contributed by atoms with van der Waals surface area (Å²) in [6.07, 6.45) is -6.51. The van der Waals surface area contributed by atoms with Crippen LogP contribution in [0.1, 0.15) is 41.6 Å². The number of nitriles is 1. The Hall–Kier alpha value is -6.97. The third-order valence-corrected chi connectivity index (χ3v) is 8.65. The van der Waals surface area contributed by atoms with Crippen LogP contribution in [-0.2, 0) is 32.0 Å². The van der Waals surface area contributed by atoms with Crippen molar-refractivity contribution in [2.45, 2.75) is 57.6 Å². The highest BCUT2D eigenvalue weighted by Crippen LogP contribution is 2.31. The first kappa shape index (κ1) is 50.4. The predicted molar refractivity (Wildman–Crippen MR) is 205 cm³/mol. The van der Waals surface area contributed by atoms with Crippen molar-refractivity contribution in [3.05, 3.63) is 82.4 Å². The zero-order chi connectivity index (χ0) is 47.3. The van der Waals surface area contributed by atoms with Crippen LogP contribution in [0.25, 0.3) is 0 Å². The van der Waals surface area contributed by atoms with Crippen LogP contribution in [-0.4, -0.2) is 90.7 Å². The zero-order valence-electron chi connectivity index (χ0n) is 32.2. The van der Waals surface area contributed by atoms with Gasteiger partial charge in [-0.15, -0.1) is 0 Å². The Morgan fingerprint density at radius 3 is 1.97 bits per heavy atom. The fourth-order valence-corrected chi connectivity index (χ4v) is 5.57. The second kappa shape index (κ2) is 21.7. The van der Waals surface area contributed by atoms with Gasteiger partial charge in [0.1, 0.15) is 16.9 Å². The number of benzene rings is 1. The Balaban J connectivity index is 0.000000416. The van der Waals surface area contributed by atoms with Gasteiger partial charge in [0.25, 0.3) is 0 Å². The van der Waals surface area contributed by atoms with Crippen LogP contribution in [0, 0.1) is 24.2 Å². The van der Waals surface area contributed by atoms with Crippen LogP contribution >= 0.6 is 11.6 Å². The highest BCUT2D eigenvalue weighted by Gasteiger charge is 2.39. The predicted octanol–water partition coefficient (Wildman–Crippen LogP) is 7.83. The van der Waals surface area contributed by atoms with E-state index in [2.05, 4.69) is 46.9 Å². The lowest BCUT2D eigenvalue weighted by Crippen LogP contribution is -2.36. The monoisotopic (exact) mass is 921 g/mol. The van der Waals surface area contributed by atoms with Crippen molar-refractivity contribution in [1.82, 2.24) is 19.9 Å². The van der Waals surface area contributed by atoms with Crippen molar-refractivity contribution in [1.29, 1.82) is 5.26 Å². The maximum Gasteiger partial charge on any atom is 0.490 e. The molecule has 0 aliphatic carbocycles. The normalized spacial score (nSPS) is 13.6. The minimum Gasteiger partial charge on any atom is -0.475 e. The Morgan fingerprint density at radius 1 is 0.825 bits per heavy atom. The van der Waals surface area contributed by atoms with E-state index in [4.69, 9.17) is 41.3 Å². The SMILES string of the molecule is Cc1ccc(C#N)c(N2CCC(CC(=O)Nc3ccc4cc3CCc3cncc(c3)Nc3ncc(Cl)c(n3)N4)CC2)n1.O=C(O)C(F)(F)F.O=C(O)C(F)(F)F.O=C(O)C(F)(F)F. The van der Waals surface area contributed by atoms with Gasteiger partial charge in [-0.25, -0.2) is 24.4 Å². The number of aryl methyl sites for hydroxylation is 3. The van der Waals surface area contributed by atoms with Crippen LogP contribution in [0.15, 0.2) is 55.0 Å². The second-order valence-electron chi connectivity index (χ2n) is 13.1. The molecule has 1 aromatic carbocycles. The van der Waals surface area contributed by atoms with Crippen molar-refractivity contribution < 1.29 is 74.0 Å². The molecular weight excluding hydrogens is 889 g/mol. The lowest BCUT2D eigenvalue weighted by molar-refractivity contribution is -0.193. The van der Waals surface area contributed by atoms with E-state index >= 15 is 0 Å². The molecule has 3 aromatic heterocycles. The van der Waals surface area contributed by atoms with Gasteiger partial charge >= 0.3 is 36.4 Å². The van der Waals surface area contributed by atoms with Crippen LogP contribution in [0.5, 0.6) is 0 Å². The third-order valence-electron chi connectivity index (χ3n) is 8.37. The maximum atomic E-state index is 13.2. The fourth-order valence-electron chi connectivity index (χ4n) is 5.44. The number of amides is 1. The largest absolute Gasteiger partial charge is 0.490 e. The van der Waals surface area contributed by atoms with E-state index in [0.717, 1.165) is 72.1 Å². The fraction of sp³-hybridized carbons (Fsp3) is 0.324. The van der Waals surface area contributed by atoms with Crippen molar-refractivity contribution >= 4 is 70.1 Å². The highest BCUT2D eigenvalue weighted by molar-refractivity contribution is 6.32. The summed E-state index contributed by atoms with van der Waals surface area (Å²) in [6.45, 7) is 3.47. The Bertz CT molecular complexity index is 2260. The van der Waals surface area contributed by atoms with Crippen molar-refractivity contribution in [2.24, 2.45) is 5.92 Å². The number of hydrogen-bond acceptors (Lipinski definition) is 12. The number of rotatable bonds is 4. The van der Waals surface area contributed by atoms with Gasteiger partial charge in [0.15, 0.2) is 5.82 Å². The minimum absolute atomic E-state index is 0.00364. The second-order valence-corrected chi connectivity index (χ2v) is 13.5. The number of hydrogen-bond donors (Lipinski definition) is 6. The molecular formula is C37H33ClF9N9O7. The van der Waals surface area contributed by atoms with E-state index in [1.807, 2.05) is 49.5 Å². The lowest BCUT2D eigenvalue weighted by Gasteiger charge is -2.33. The summed E-state index contributed by atoms with van der Waals surface area (Å²) >= 11 is 6.39. The van der Waals surface area contributed by atoms with Gasteiger partial charge in [-0.05, 0) is 86.1 Å². The van der Waals surface area contributed by atoms with E-state index in [-0.39, 0.29) is 11.8 Å². The summed E-state index contributed by atoms with van der Waals surface area (Å²) in [5.41, 5.74) is 5.92. The number of carboxylic acid groups (broad SMARTS) is 3. The van der Waals surface area contributed by atoms with Crippen LogP contribution in [0.4, 0.5) is 74.2 Å². The summed E-state index contributed by atoms with van der Waals surface area (Å²) in [5.74, 6) is -6.38. The molecule has 6 N–H and O–H groups in total. The van der Waals surface area contributed by atoms with Crippen LogP contribution in [0.3, 0.4) is 0 Å². The molecule has 0 radical (unpaired) electrons. The number of aromatic nitrogens is 4. The Labute approximate surface area is 354 Å². The average Bonchev–Trinajstić information content (AvgIpc) is 3.19. The van der Waals surface area contributed by atoms with E-state index in [1.54, 1.807) is 12.4 Å². The molecule has 0 atom stereocenters. The zero-order valence-corrected chi connectivity index (χ0v) is 32.9. The van der Waals surface area contributed by atoms with Crippen LogP contribution in [0.2, 0.25) is 5.02 Å². The van der Waals surface area contributed by atoms with E-state index in [1.165, 1.54) is 0 Å². The van der Waals surface area contributed by atoms with E-state index in [9.17, 15) is 49.6 Å². The number of nitrogens with zero attached hydrogens (tertiary/aromatic N) is 6. The van der Waals surface area contributed by atoms with Crippen LogP contribution < -0.4 is 20.9 Å². The molecule has 63 heavy (non-hydrogen) atoms. The Kier molecular flexibility index (Phi) is 17.4. The molecule has 0 saturated carbocycles. The van der Waals surface area contributed by atoms with Gasteiger partial charge in [-0.3, -0.25) is 9.78 Å². The quantitative estimate of drug-likeness (QED) is 0.107. The number of piperidine rings is 1. The average molecular weight is 922 g/mol. The molecule has 16 nitrogen and oxygen atoms in total. The van der Waals surface area contributed by atoms with Gasteiger partial charge < -0.3 is 36.2 Å². The number of pyridine rings is 2. The van der Waals surface area contributed by atoms with Crippen molar-refractivity contribution in [3.63, 3.8) is 0 Å². The van der Waals surface area contributed by atoms with Gasteiger partial charge in [-0.2, -0.15) is 49.8 Å². The summed E-state index contributed by atoms with van der Waals surface area (Å²) in [6, 6.07) is 13.8. The molecule has 0 unspecified atom stereocenters. The molecule has 5 heterocycles. The number of fused-ring (bicyclic) bond motifs is 6. The first-order valence-electron chi connectivity index (χ1n) is 17.7. The van der Waals surface area contributed by atoms with Crippen molar-refractivity contribution in [3.8, 4) is 6.07 Å². The molecule has 6 bridgehead atoms. The van der Waals surface area contributed by atoms with E-state index in [0.29, 0.717) is 35.2 Å².